The number of nitrogen functional groups attached to an aromatic ring is 1. The molecule has 0 aliphatic rings. The lowest BCUT2D eigenvalue weighted by Crippen LogP contribution is -2.23. The Hall–Kier alpha value is -1.91. The average Bonchev–Trinajstić information content (AvgIpc) is 2.48. The lowest BCUT2D eigenvalue weighted by molar-refractivity contribution is 0.232. The topological polar surface area (TPSA) is 47.7 Å². The SMILES string of the molecule is COc1ccc(OCCN(C)Cc2cccc(N)c2)cc1.Cl. The van der Waals surface area contributed by atoms with Gasteiger partial charge in [0.05, 0.1) is 7.11 Å². The first-order chi connectivity index (χ1) is 10.2. The van der Waals surface area contributed by atoms with Crippen LogP contribution in [0.2, 0.25) is 0 Å². The van der Waals surface area contributed by atoms with Crippen LogP contribution in [0.1, 0.15) is 5.56 Å². The molecule has 0 aromatic heterocycles. The van der Waals surface area contributed by atoms with Gasteiger partial charge in [-0.1, -0.05) is 12.1 Å². The van der Waals surface area contributed by atoms with Gasteiger partial charge in [-0.05, 0) is 49.0 Å². The zero-order valence-corrected chi connectivity index (χ0v) is 13.8. The highest BCUT2D eigenvalue weighted by Crippen LogP contribution is 2.17. The van der Waals surface area contributed by atoms with E-state index in [-0.39, 0.29) is 12.4 Å². The van der Waals surface area contributed by atoms with Crippen LogP contribution < -0.4 is 15.2 Å². The molecular formula is C17H23ClN2O2. The second-order valence-electron chi connectivity index (χ2n) is 5.01. The summed E-state index contributed by atoms with van der Waals surface area (Å²) >= 11 is 0. The van der Waals surface area contributed by atoms with E-state index in [1.54, 1.807) is 7.11 Å². The minimum Gasteiger partial charge on any atom is -0.497 e. The highest BCUT2D eigenvalue weighted by molar-refractivity contribution is 5.85. The van der Waals surface area contributed by atoms with Crippen LogP contribution in [-0.2, 0) is 6.54 Å². The summed E-state index contributed by atoms with van der Waals surface area (Å²) in [5.74, 6) is 1.69. The zero-order chi connectivity index (χ0) is 15.1. The molecule has 2 aromatic rings. The van der Waals surface area contributed by atoms with Crippen LogP contribution >= 0.6 is 12.4 Å². The fraction of sp³-hybridized carbons (Fsp3) is 0.294. The molecule has 0 atom stereocenters. The summed E-state index contributed by atoms with van der Waals surface area (Å²) in [6.45, 7) is 2.35. The van der Waals surface area contributed by atoms with Gasteiger partial charge in [0, 0.05) is 18.8 Å². The summed E-state index contributed by atoms with van der Waals surface area (Å²) < 4.78 is 10.8. The van der Waals surface area contributed by atoms with Crippen LogP contribution in [0.4, 0.5) is 5.69 Å². The van der Waals surface area contributed by atoms with E-state index in [9.17, 15) is 0 Å². The van der Waals surface area contributed by atoms with Gasteiger partial charge in [-0.3, -0.25) is 4.90 Å². The third-order valence-electron chi connectivity index (χ3n) is 3.20. The number of benzene rings is 2. The predicted octanol–water partition coefficient (Wildman–Crippen LogP) is 3.21. The van der Waals surface area contributed by atoms with Gasteiger partial charge in [0.1, 0.15) is 18.1 Å². The third-order valence-corrected chi connectivity index (χ3v) is 3.20. The minimum atomic E-state index is 0. The molecule has 2 rings (SSSR count). The van der Waals surface area contributed by atoms with Gasteiger partial charge in [0.25, 0.3) is 0 Å². The molecule has 2 N–H and O–H groups in total. The van der Waals surface area contributed by atoms with Crippen LogP contribution in [-0.4, -0.2) is 32.2 Å². The fourth-order valence-electron chi connectivity index (χ4n) is 2.07. The highest BCUT2D eigenvalue weighted by atomic mass is 35.5. The standard InChI is InChI=1S/C17H22N2O2.ClH/c1-19(13-14-4-3-5-15(18)12-14)10-11-21-17-8-6-16(20-2)7-9-17;/h3-9,12H,10-11,13,18H2,1-2H3;1H. The van der Waals surface area contributed by atoms with E-state index in [1.165, 1.54) is 5.56 Å². The first-order valence-corrected chi connectivity index (χ1v) is 6.97. The van der Waals surface area contributed by atoms with Gasteiger partial charge in [0.2, 0.25) is 0 Å². The lowest BCUT2D eigenvalue weighted by atomic mass is 10.2. The van der Waals surface area contributed by atoms with Crippen molar-refractivity contribution < 1.29 is 9.47 Å². The molecule has 4 nitrogen and oxygen atoms in total. The molecule has 0 amide bonds. The molecule has 0 aliphatic carbocycles. The summed E-state index contributed by atoms with van der Waals surface area (Å²) in [5, 5.41) is 0. The van der Waals surface area contributed by atoms with Gasteiger partial charge in [-0.2, -0.15) is 0 Å². The van der Waals surface area contributed by atoms with E-state index in [0.717, 1.165) is 30.3 Å². The maximum atomic E-state index is 5.78. The summed E-state index contributed by atoms with van der Waals surface area (Å²) in [7, 11) is 3.72. The first kappa shape index (κ1) is 18.1. The highest BCUT2D eigenvalue weighted by Gasteiger charge is 2.02. The Kier molecular flexibility index (Phi) is 7.57. The molecule has 0 fully saturated rings. The fourth-order valence-corrected chi connectivity index (χ4v) is 2.07. The van der Waals surface area contributed by atoms with Crippen molar-refractivity contribution in [2.75, 3.05) is 33.0 Å². The number of methoxy groups -OCH3 is 1. The van der Waals surface area contributed by atoms with Crippen molar-refractivity contribution in [2.45, 2.75) is 6.54 Å². The van der Waals surface area contributed by atoms with Crippen molar-refractivity contribution in [3.8, 4) is 11.5 Å². The monoisotopic (exact) mass is 322 g/mol. The molecule has 0 aliphatic heterocycles. The Morgan fingerprint density at radius 2 is 1.73 bits per heavy atom. The maximum absolute atomic E-state index is 5.78. The van der Waals surface area contributed by atoms with E-state index in [1.807, 2.05) is 42.5 Å². The van der Waals surface area contributed by atoms with Crippen molar-refractivity contribution in [1.82, 2.24) is 4.90 Å². The molecule has 0 saturated heterocycles. The van der Waals surface area contributed by atoms with Crippen molar-refractivity contribution in [1.29, 1.82) is 0 Å². The second kappa shape index (κ2) is 9.18. The largest absolute Gasteiger partial charge is 0.497 e. The normalized spacial score (nSPS) is 10.1. The summed E-state index contributed by atoms with van der Waals surface area (Å²) in [6.07, 6.45) is 0. The van der Waals surface area contributed by atoms with Crippen LogP contribution in [0.3, 0.4) is 0 Å². The molecule has 0 bridgehead atoms. The number of nitrogens with zero attached hydrogens (tertiary/aromatic N) is 1. The van der Waals surface area contributed by atoms with Crippen LogP contribution in [0.15, 0.2) is 48.5 Å². The van der Waals surface area contributed by atoms with Crippen molar-refractivity contribution in [2.24, 2.45) is 0 Å². The van der Waals surface area contributed by atoms with E-state index < -0.39 is 0 Å². The number of ether oxygens (including phenoxy) is 2. The number of anilines is 1. The first-order valence-electron chi connectivity index (χ1n) is 6.97. The minimum absolute atomic E-state index is 0. The van der Waals surface area contributed by atoms with E-state index in [4.69, 9.17) is 15.2 Å². The second-order valence-corrected chi connectivity index (χ2v) is 5.01. The van der Waals surface area contributed by atoms with Crippen molar-refractivity contribution in [3.05, 3.63) is 54.1 Å². The van der Waals surface area contributed by atoms with Crippen molar-refractivity contribution in [3.63, 3.8) is 0 Å². The predicted molar refractivity (Wildman–Crippen MR) is 92.9 cm³/mol. The third kappa shape index (κ3) is 5.84. The molecule has 5 heteroatoms. The molecular weight excluding hydrogens is 300 g/mol. The Balaban J connectivity index is 0.00000242. The van der Waals surface area contributed by atoms with Crippen LogP contribution in [0, 0.1) is 0 Å². The Labute approximate surface area is 138 Å². The van der Waals surface area contributed by atoms with Gasteiger partial charge >= 0.3 is 0 Å². The van der Waals surface area contributed by atoms with Gasteiger partial charge < -0.3 is 15.2 Å². The number of likely N-dealkylation sites (N-methyl/N-ethyl adjacent to an activating group) is 1. The molecule has 0 heterocycles. The Morgan fingerprint density at radius 1 is 1.05 bits per heavy atom. The smallest absolute Gasteiger partial charge is 0.119 e. The van der Waals surface area contributed by atoms with Gasteiger partial charge in [-0.25, -0.2) is 0 Å². The number of nitrogens with two attached hydrogens (primary N) is 1. The average molecular weight is 323 g/mol. The van der Waals surface area contributed by atoms with Gasteiger partial charge in [-0.15, -0.1) is 12.4 Å². The quantitative estimate of drug-likeness (QED) is 0.795. The number of hydrogen-bond acceptors (Lipinski definition) is 4. The Bertz CT molecular complexity index is 561. The van der Waals surface area contributed by atoms with E-state index in [0.29, 0.717) is 6.61 Å². The lowest BCUT2D eigenvalue weighted by Gasteiger charge is -2.17. The van der Waals surface area contributed by atoms with Crippen LogP contribution in [0.25, 0.3) is 0 Å². The molecule has 22 heavy (non-hydrogen) atoms. The van der Waals surface area contributed by atoms with Crippen LogP contribution in [0.5, 0.6) is 11.5 Å². The molecule has 2 aromatic carbocycles. The summed E-state index contributed by atoms with van der Waals surface area (Å²) in [6, 6.07) is 15.6. The van der Waals surface area contributed by atoms with E-state index >= 15 is 0 Å². The molecule has 0 radical (unpaired) electrons. The maximum Gasteiger partial charge on any atom is 0.119 e. The summed E-state index contributed by atoms with van der Waals surface area (Å²) in [5.41, 5.74) is 7.79. The molecule has 0 unspecified atom stereocenters. The van der Waals surface area contributed by atoms with Gasteiger partial charge in [0.15, 0.2) is 0 Å². The number of halogens is 1. The Morgan fingerprint density at radius 3 is 2.36 bits per heavy atom. The number of hydrogen-bond donors (Lipinski definition) is 1. The summed E-state index contributed by atoms with van der Waals surface area (Å²) in [4.78, 5) is 2.21. The molecule has 0 saturated carbocycles. The molecule has 120 valence electrons. The van der Waals surface area contributed by atoms with E-state index in [2.05, 4.69) is 18.0 Å². The number of rotatable bonds is 7. The molecule has 0 spiro atoms. The zero-order valence-electron chi connectivity index (χ0n) is 13.0. The van der Waals surface area contributed by atoms with Crippen molar-refractivity contribution >= 4 is 18.1 Å².